The highest BCUT2D eigenvalue weighted by atomic mass is 32.1. The minimum atomic E-state index is -0.0415. The van der Waals surface area contributed by atoms with E-state index in [4.69, 9.17) is 0 Å². The highest BCUT2D eigenvalue weighted by Gasteiger charge is 2.54. The fraction of sp³-hybridized carbons (Fsp3) is 0.395. The number of rotatable bonds is 6. The van der Waals surface area contributed by atoms with Gasteiger partial charge in [-0.15, -0.1) is 11.3 Å². The van der Waals surface area contributed by atoms with Gasteiger partial charge in [0.05, 0.1) is 11.4 Å². The van der Waals surface area contributed by atoms with Gasteiger partial charge in [-0.3, -0.25) is 0 Å². The average molecular weight is 1060 g/mol. The molecule has 0 amide bonds. The Morgan fingerprint density at radius 2 is 1.11 bits per heavy atom. The molecule has 0 bridgehead atoms. The molecule has 12 rings (SSSR count). The molecule has 3 heteroatoms. The topological polar surface area (TPSA) is 3.24 Å². The summed E-state index contributed by atoms with van der Waals surface area (Å²) in [5.41, 5.74) is 26.4. The molecule has 0 spiro atoms. The minimum absolute atomic E-state index is 0.00216. The molecular formula is C76H86BNS. The molecule has 0 N–H and O–H groups in total. The highest BCUT2D eigenvalue weighted by Crippen LogP contribution is 2.60. The standard InChI is InChI=1S/C76H86BNS/c1-70(2,3)51-29-25-47(26-30-51)39-56(49-27-31-52(32-28-49)71(4,5)6)50-40-58-60-46-75(16)37-21-22-38-76(75,17)61-44-55(74(13,14)15)45-62(66(60)61)77-67(58)64(41-50)78(68-59-43-54(73(10,11)12)34-36-65(59)79-69(68)77)63-35-33-53(72(7,8)9)42-57(63)48-23-19-18-20-24-48/h18-20,23-36,40-46,56H,21-22,37-39H2,1-17H3. The molecule has 2 aliphatic heterocycles. The molecule has 3 atom stereocenters. The molecule has 2 aliphatic carbocycles. The van der Waals surface area contributed by atoms with Gasteiger partial charge >= 0.3 is 0 Å². The summed E-state index contributed by atoms with van der Waals surface area (Å²) in [6, 6.07) is 56.3. The number of hydrogen-bond donors (Lipinski definition) is 0. The van der Waals surface area contributed by atoms with Crippen LogP contribution in [0.1, 0.15) is 211 Å². The van der Waals surface area contributed by atoms with Crippen molar-refractivity contribution < 1.29 is 0 Å². The van der Waals surface area contributed by atoms with Crippen LogP contribution in [0.5, 0.6) is 0 Å². The molecule has 1 fully saturated rings. The fourth-order valence-corrected chi connectivity index (χ4v) is 15.6. The zero-order valence-electron chi connectivity index (χ0n) is 50.9. The van der Waals surface area contributed by atoms with Crippen LogP contribution in [-0.2, 0) is 38.9 Å². The summed E-state index contributed by atoms with van der Waals surface area (Å²) in [6.07, 6.45) is 8.67. The monoisotopic (exact) mass is 1060 g/mol. The van der Waals surface area contributed by atoms with Crippen molar-refractivity contribution in [3.63, 3.8) is 0 Å². The Morgan fingerprint density at radius 1 is 0.532 bits per heavy atom. The molecule has 0 radical (unpaired) electrons. The predicted octanol–water partition coefficient (Wildman–Crippen LogP) is 19.3. The van der Waals surface area contributed by atoms with Crippen molar-refractivity contribution >= 4 is 66.5 Å². The zero-order valence-corrected chi connectivity index (χ0v) is 51.7. The summed E-state index contributed by atoms with van der Waals surface area (Å²) in [7, 11) is 0. The number of nitrogens with zero attached hydrogens (tertiary/aromatic N) is 1. The van der Waals surface area contributed by atoms with Crippen LogP contribution in [0.4, 0.5) is 17.1 Å². The first-order valence-electron chi connectivity index (χ1n) is 29.9. The predicted molar refractivity (Wildman–Crippen MR) is 346 cm³/mol. The van der Waals surface area contributed by atoms with E-state index in [1.165, 1.54) is 141 Å². The number of hydrogen-bond acceptors (Lipinski definition) is 2. The summed E-state index contributed by atoms with van der Waals surface area (Å²) < 4.78 is 2.82. The van der Waals surface area contributed by atoms with Crippen LogP contribution in [0.25, 0.3) is 26.8 Å². The normalized spacial score (nSPS) is 19.4. The molecule has 3 heterocycles. The van der Waals surface area contributed by atoms with Gasteiger partial charge in [-0.1, -0.05) is 251 Å². The smallest absolute Gasteiger partial charge is 0.260 e. The second-order valence-electron chi connectivity index (χ2n) is 30.2. The second kappa shape index (κ2) is 18.3. The van der Waals surface area contributed by atoms with E-state index in [0.717, 1.165) is 6.42 Å². The molecule has 7 aromatic carbocycles. The quantitative estimate of drug-likeness (QED) is 0.150. The van der Waals surface area contributed by atoms with E-state index in [0.29, 0.717) is 0 Å². The van der Waals surface area contributed by atoms with Gasteiger partial charge in [-0.05, 0) is 160 Å². The van der Waals surface area contributed by atoms with E-state index in [-0.39, 0.29) is 50.5 Å². The van der Waals surface area contributed by atoms with Crippen molar-refractivity contribution in [1.29, 1.82) is 0 Å². The van der Waals surface area contributed by atoms with Crippen molar-refractivity contribution in [2.24, 2.45) is 5.41 Å². The lowest BCUT2D eigenvalue weighted by atomic mass is 9.32. The third kappa shape index (κ3) is 8.94. The lowest BCUT2D eigenvalue weighted by Crippen LogP contribution is -2.62. The number of benzene rings is 7. The number of thiophene rings is 1. The summed E-state index contributed by atoms with van der Waals surface area (Å²) in [4.78, 5) is 2.79. The molecule has 4 aliphatic rings. The van der Waals surface area contributed by atoms with E-state index in [1.807, 2.05) is 0 Å². The fourth-order valence-electron chi connectivity index (χ4n) is 14.3. The Kier molecular flexibility index (Phi) is 12.5. The molecule has 1 nitrogen and oxygen atoms in total. The van der Waals surface area contributed by atoms with Crippen LogP contribution in [0, 0.1) is 5.41 Å². The Hall–Kier alpha value is -5.90. The van der Waals surface area contributed by atoms with Crippen LogP contribution in [0.2, 0.25) is 0 Å². The summed E-state index contributed by atoms with van der Waals surface area (Å²) in [5, 5.41) is 1.35. The lowest BCUT2D eigenvalue weighted by Gasteiger charge is -2.55. The van der Waals surface area contributed by atoms with Gasteiger partial charge in [-0.2, -0.15) is 0 Å². The van der Waals surface area contributed by atoms with E-state index in [2.05, 4.69) is 280 Å². The largest absolute Gasteiger partial charge is 0.309 e. The Balaban J connectivity index is 1.24. The number of fused-ring (bicyclic) bond motifs is 8. The van der Waals surface area contributed by atoms with Gasteiger partial charge < -0.3 is 4.90 Å². The average Bonchev–Trinajstić information content (AvgIpc) is 2.45. The van der Waals surface area contributed by atoms with Gasteiger partial charge in [0, 0.05) is 37.4 Å². The Bertz CT molecular complexity index is 3740. The maximum Gasteiger partial charge on any atom is 0.260 e. The van der Waals surface area contributed by atoms with Gasteiger partial charge in [0.15, 0.2) is 0 Å². The summed E-state index contributed by atoms with van der Waals surface area (Å²) in [5.74, 6) is 0.0881. The first kappa shape index (κ1) is 53.7. The maximum atomic E-state index is 2.83. The van der Waals surface area contributed by atoms with Crippen LogP contribution in [-0.4, -0.2) is 6.71 Å². The first-order chi connectivity index (χ1) is 37.0. The third-order valence-corrected chi connectivity index (χ3v) is 20.9. The van der Waals surface area contributed by atoms with E-state index in [1.54, 1.807) is 5.56 Å². The summed E-state index contributed by atoms with van der Waals surface area (Å²) >= 11 is 2.05. The Labute approximate surface area is 480 Å². The van der Waals surface area contributed by atoms with Crippen LogP contribution in [0.3, 0.4) is 0 Å². The van der Waals surface area contributed by atoms with Gasteiger partial charge in [-0.25, -0.2) is 0 Å². The zero-order chi connectivity index (χ0) is 56.1. The SMILES string of the molecule is CC(C)(C)c1ccc(CC(c2ccc(C(C)(C)C)cc2)c2cc3c4c(c2)N(c2ccc(C(C)(C)C)cc2-c2ccccc2)c2c(sc5ccc(C(C)(C)C)cc25)B4c2cc(C(C)(C)C)cc4c2C3=CC2(C)CCCCC42C)cc1. The molecule has 1 saturated carbocycles. The van der Waals surface area contributed by atoms with Crippen molar-refractivity contribution in [3.8, 4) is 11.1 Å². The molecule has 0 saturated heterocycles. The summed E-state index contributed by atoms with van der Waals surface area (Å²) in [6.45, 7) is 40.9. The van der Waals surface area contributed by atoms with E-state index >= 15 is 0 Å². The lowest BCUT2D eigenvalue weighted by molar-refractivity contribution is 0.138. The van der Waals surface area contributed by atoms with Gasteiger partial charge in [0.2, 0.25) is 0 Å². The maximum absolute atomic E-state index is 2.83. The third-order valence-electron chi connectivity index (χ3n) is 19.6. The van der Waals surface area contributed by atoms with Gasteiger partial charge in [0.1, 0.15) is 0 Å². The van der Waals surface area contributed by atoms with Crippen molar-refractivity contribution in [2.45, 2.75) is 188 Å². The minimum Gasteiger partial charge on any atom is -0.309 e. The van der Waals surface area contributed by atoms with E-state index in [9.17, 15) is 0 Å². The molecule has 1 aromatic heterocycles. The highest BCUT2D eigenvalue weighted by molar-refractivity contribution is 7.33. The number of allylic oxidation sites excluding steroid dienone is 1. The van der Waals surface area contributed by atoms with Crippen LogP contribution < -0.4 is 20.6 Å². The number of anilines is 3. The molecular weight excluding hydrogens is 970 g/mol. The van der Waals surface area contributed by atoms with Crippen molar-refractivity contribution in [1.82, 2.24) is 0 Å². The molecule has 3 unspecified atom stereocenters. The molecule has 8 aromatic rings. The molecule has 404 valence electrons. The van der Waals surface area contributed by atoms with Crippen molar-refractivity contribution in [3.05, 3.63) is 207 Å². The first-order valence-corrected chi connectivity index (χ1v) is 30.7. The van der Waals surface area contributed by atoms with Crippen molar-refractivity contribution in [2.75, 3.05) is 4.90 Å². The van der Waals surface area contributed by atoms with Gasteiger partial charge in [0.25, 0.3) is 6.71 Å². The van der Waals surface area contributed by atoms with Crippen LogP contribution in [0.15, 0.2) is 146 Å². The molecule has 79 heavy (non-hydrogen) atoms. The second-order valence-corrected chi connectivity index (χ2v) is 31.3. The van der Waals surface area contributed by atoms with E-state index < -0.39 is 0 Å². The Morgan fingerprint density at radius 3 is 1.75 bits per heavy atom. The van der Waals surface area contributed by atoms with Crippen LogP contribution >= 0.6 is 11.3 Å².